The van der Waals surface area contributed by atoms with Crippen molar-refractivity contribution < 1.29 is 4.79 Å². The highest BCUT2D eigenvalue weighted by molar-refractivity contribution is 6.28. The van der Waals surface area contributed by atoms with Crippen molar-refractivity contribution in [3.8, 4) is 0 Å². The van der Waals surface area contributed by atoms with Gasteiger partial charge in [-0.25, -0.2) is 0 Å². The molecule has 142 valence electrons. The summed E-state index contributed by atoms with van der Waals surface area (Å²) in [4.78, 5) is 13.9. The monoisotopic (exact) mass is 364 g/mol. The summed E-state index contributed by atoms with van der Waals surface area (Å²) < 4.78 is 0. The minimum absolute atomic E-state index is 0.144. The molecule has 0 spiro atoms. The van der Waals surface area contributed by atoms with E-state index in [4.69, 9.17) is 11.1 Å². The highest BCUT2D eigenvalue weighted by atomic mass is 16.1. The van der Waals surface area contributed by atoms with E-state index >= 15 is 0 Å². The number of primary amides is 1. The van der Waals surface area contributed by atoms with Crippen LogP contribution in [0.3, 0.4) is 0 Å². The van der Waals surface area contributed by atoms with Crippen LogP contribution in [0, 0.1) is 5.41 Å². The molecule has 2 aliphatic rings. The Labute approximate surface area is 161 Å². The lowest BCUT2D eigenvalue weighted by molar-refractivity contribution is -0.114. The quantitative estimate of drug-likeness (QED) is 0.747. The summed E-state index contributed by atoms with van der Waals surface area (Å²) in [6.45, 7) is 6.85. The molecule has 1 aliphatic heterocycles. The summed E-state index contributed by atoms with van der Waals surface area (Å²) in [6, 6.07) is 9.11. The largest absolute Gasteiger partial charge is 0.366 e. The maximum absolute atomic E-state index is 11.4. The molecule has 1 atom stereocenters. The van der Waals surface area contributed by atoms with Gasteiger partial charge < -0.3 is 16.0 Å². The Hall–Kier alpha value is -2.66. The lowest BCUT2D eigenvalue weighted by Crippen LogP contribution is -2.39. The Balaban J connectivity index is 1.65. The first-order valence-electron chi connectivity index (χ1n) is 9.54. The molecule has 4 N–H and O–H groups in total. The van der Waals surface area contributed by atoms with Gasteiger partial charge in [0.1, 0.15) is 0 Å². The van der Waals surface area contributed by atoms with Crippen LogP contribution in [0.2, 0.25) is 0 Å². The van der Waals surface area contributed by atoms with Gasteiger partial charge in [-0.05, 0) is 62.9 Å². The number of nitrogens with two attached hydrogens (primary N) is 1. The van der Waals surface area contributed by atoms with Crippen LogP contribution >= 0.6 is 0 Å². The van der Waals surface area contributed by atoms with Gasteiger partial charge >= 0.3 is 0 Å². The van der Waals surface area contributed by atoms with Gasteiger partial charge in [-0.2, -0.15) is 0 Å². The SMILES string of the molecule is CC(C)N1CCCC(c2ccc(N/C=C3/C=CC=C(C(N)=O)C3=N)cc2)C1. The van der Waals surface area contributed by atoms with Crippen LogP contribution in [0.1, 0.15) is 38.2 Å². The third-order valence-corrected chi connectivity index (χ3v) is 5.32. The molecular formula is C22H28N4O. The molecule has 5 nitrogen and oxygen atoms in total. The van der Waals surface area contributed by atoms with Gasteiger partial charge in [0.2, 0.25) is 0 Å². The van der Waals surface area contributed by atoms with E-state index in [2.05, 4.69) is 48.3 Å². The van der Waals surface area contributed by atoms with Crippen LogP contribution in [0.5, 0.6) is 0 Å². The molecule has 1 fully saturated rings. The fraction of sp³-hybridized carbons (Fsp3) is 0.364. The number of likely N-dealkylation sites (tertiary alicyclic amines) is 1. The van der Waals surface area contributed by atoms with E-state index in [1.54, 1.807) is 24.4 Å². The molecule has 1 amide bonds. The van der Waals surface area contributed by atoms with Crippen molar-refractivity contribution >= 4 is 17.3 Å². The lowest BCUT2D eigenvalue weighted by atomic mass is 9.90. The van der Waals surface area contributed by atoms with E-state index in [0.29, 0.717) is 17.5 Å². The topological polar surface area (TPSA) is 82.2 Å². The van der Waals surface area contributed by atoms with E-state index < -0.39 is 5.91 Å². The van der Waals surface area contributed by atoms with Crippen molar-refractivity contribution in [2.75, 3.05) is 18.4 Å². The van der Waals surface area contributed by atoms with Gasteiger partial charge in [-0.15, -0.1) is 0 Å². The summed E-state index contributed by atoms with van der Waals surface area (Å²) in [7, 11) is 0. The van der Waals surface area contributed by atoms with E-state index in [-0.39, 0.29) is 11.3 Å². The number of nitrogens with zero attached hydrogens (tertiary/aromatic N) is 1. The summed E-state index contributed by atoms with van der Waals surface area (Å²) >= 11 is 0. The minimum Gasteiger partial charge on any atom is -0.366 e. The first-order valence-corrected chi connectivity index (χ1v) is 9.54. The van der Waals surface area contributed by atoms with Gasteiger partial charge in [0.25, 0.3) is 5.91 Å². The molecule has 0 saturated carbocycles. The molecule has 1 saturated heterocycles. The highest BCUT2D eigenvalue weighted by Gasteiger charge is 2.22. The number of rotatable bonds is 5. The Morgan fingerprint density at radius 2 is 2.07 bits per heavy atom. The minimum atomic E-state index is -0.581. The van der Waals surface area contributed by atoms with E-state index in [9.17, 15) is 4.79 Å². The zero-order chi connectivity index (χ0) is 19.4. The van der Waals surface area contributed by atoms with Gasteiger partial charge in [-0.3, -0.25) is 10.2 Å². The van der Waals surface area contributed by atoms with Crippen LogP contribution in [-0.2, 0) is 4.79 Å². The van der Waals surface area contributed by atoms with Gasteiger partial charge in [-0.1, -0.05) is 24.3 Å². The molecule has 27 heavy (non-hydrogen) atoms. The number of piperidine rings is 1. The van der Waals surface area contributed by atoms with Gasteiger partial charge in [0, 0.05) is 30.0 Å². The first-order chi connectivity index (χ1) is 13.0. The predicted octanol–water partition coefficient (Wildman–Crippen LogP) is 3.57. The highest BCUT2D eigenvalue weighted by Crippen LogP contribution is 2.28. The number of carbonyl (C=O) groups is 1. The van der Waals surface area contributed by atoms with Crippen molar-refractivity contribution in [2.45, 2.75) is 38.6 Å². The number of anilines is 1. The third-order valence-electron chi connectivity index (χ3n) is 5.32. The van der Waals surface area contributed by atoms with E-state index in [0.717, 1.165) is 12.2 Å². The normalized spacial score (nSPS) is 22.2. The maximum atomic E-state index is 11.4. The number of benzene rings is 1. The molecule has 1 unspecified atom stereocenters. The molecule has 1 aromatic carbocycles. The van der Waals surface area contributed by atoms with Crippen LogP contribution < -0.4 is 11.1 Å². The Kier molecular flexibility index (Phi) is 5.91. The average Bonchev–Trinajstić information content (AvgIpc) is 2.67. The number of allylic oxidation sites excluding steroid dienone is 4. The molecule has 5 heteroatoms. The van der Waals surface area contributed by atoms with Crippen molar-refractivity contribution in [1.29, 1.82) is 5.41 Å². The van der Waals surface area contributed by atoms with E-state index in [1.807, 2.05) is 0 Å². The zero-order valence-electron chi connectivity index (χ0n) is 16.0. The average molecular weight is 364 g/mol. The summed E-state index contributed by atoms with van der Waals surface area (Å²) in [6.07, 6.45) is 9.33. The van der Waals surface area contributed by atoms with Gasteiger partial charge in [0.05, 0.1) is 11.3 Å². The zero-order valence-corrected chi connectivity index (χ0v) is 16.0. The second-order valence-electron chi connectivity index (χ2n) is 7.47. The molecule has 3 rings (SSSR count). The Morgan fingerprint density at radius 1 is 1.33 bits per heavy atom. The maximum Gasteiger partial charge on any atom is 0.250 e. The lowest BCUT2D eigenvalue weighted by Gasteiger charge is -2.35. The fourth-order valence-corrected chi connectivity index (χ4v) is 3.66. The van der Waals surface area contributed by atoms with Crippen LogP contribution in [0.4, 0.5) is 5.69 Å². The predicted molar refractivity (Wildman–Crippen MR) is 111 cm³/mol. The number of hydrogen-bond donors (Lipinski definition) is 3. The van der Waals surface area contributed by atoms with Crippen molar-refractivity contribution in [3.63, 3.8) is 0 Å². The number of carbonyl (C=O) groups excluding carboxylic acids is 1. The molecule has 1 aliphatic carbocycles. The van der Waals surface area contributed by atoms with Crippen molar-refractivity contribution in [3.05, 3.63) is 65.4 Å². The summed E-state index contributed by atoms with van der Waals surface area (Å²) in [5.74, 6) is 0.00815. The van der Waals surface area contributed by atoms with E-state index in [1.165, 1.54) is 24.9 Å². The Bertz CT molecular complexity index is 802. The second-order valence-corrected chi connectivity index (χ2v) is 7.47. The molecule has 1 aromatic rings. The summed E-state index contributed by atoms with van der Waals surface area (Å²) in [5, 5.41) is 11.3. The van der Waals surface area contributed by atoms with Crippen molar-refractivity contribution in [1.82, 2.24) is 4.90 Å². The van der Waals surface area contributed by atoms with Crippen LogP contribution in [0.15, 0.2) is 59.8 Å². The molecular weight excluding hydrogens is 336 g/mol. The number of nitrogens with one attached hydrogen (secondary N) is 2. The first kappa shape index (κ1) is 19.1. The smallest absolute Gasteiger partial charge is 0.250 e. The number of hydrogen-bond acceptors (Lipinski definition) is 4. The van der Waals surface area contributed by atoms with Crippen molar-refractivity contribution in [2.24, 2.45) is 5.73 Å². The molecule has 0 bridgehead atoms. The fourth-order valence-electron chi connectivity index (χ4n) is 3.66. The standard InChI is InChI=1S/C22H28N4O/c1-15(2)26-12-4-6-18(14-26)16-8-10-19(11-9-16)25-13-17-5-3-7-20(21(17)23)22(24)27/h3,5,7-11,13,15,18,23,25H,4,6,12,14H2,1-2H3,(H2,24,27)/b17-13-,23-21?. The second kappa shape index (κ2) is 8.35. The third kappa shape index (κ3) is 4.55. The van der Waals surface area contributed by atoms with Crippen LogP contribution in [-0.4, -0.2) is 35.7 Å². The van der Waals surface area contributed by atoms with Crippen LogP contribution in [0.25, 0.3) is 0 Å². The Morgan fingerprint density at radius 3 is 2.74 bits per heavy atom. The summed E-state index contributed by atoms with van der Waals surface area (Å²) in [5.41, 5.74) is 8.65. The molecule has 0 radical (unpaired) electrons. The van der Waals surface area contributed by atoms with Gasteiger partial charge in [0.15, 0.2) is 0 Å². The molecule has 1 heterocycles. The molecule has 0 aromatic heterocycles. The number of amides is 1.